The molecule has 0 radical (unpaired) electrons. The number of rotatable bonds is 6. The van der Waals surface area contributed by atoms with E-state index in [4.69, 9.17) is 5.11 Å². The van der Waals surface area contributed by atoms with E-state index in [1.807, 2.05) is 24.0 Å². The van der Waals surface area contributed by atoms with Crippen molar-refractivity contribution < 1.29 is 5.11 Å². The number of hydrogen-bond acceptors (Lipinski definition) is 3. The van der Waals surface area contributed by atoms with Gasteiger partial charge in [0, 0.05) is 25.9 Å². The molecule has 2 N–H and O–H groups in total. The van der Waals surface area contributed by atoms with Crippen LogP contribution in [0.3, 0.4) is 0 Å². The predicted molar refractivity (Wildman–Crippen MR) is 60.5 cm³/mol. The van der Waals surface area contributed by atoms with Gasteiger partial charge in [0.15, 0.2) is 0 Å². The van der Waals surface area contributed by atoms with Gasteiger partial charge in [0.05, 0.1) is 5.69 Å². The van der Waals surface area contributed by atoms with Crippen LogP contribution < -0.4 is 5.32 Å². The van der Waals surface area contributed by atoms with Gasteiger partial charge in [-0.05, 0) is 31.9 Å². The molecule has 0 bridgehead atoms. The van der Waals surface area contributed by atoms with Crippen LogP contribution in [0.15, 0.2) is 12.3 Å². The highest BCUT2D eigenvalue weighted by molar-refractivity contribution is 5.05. The van der Waals surface area contributed by atoms with Gasteiger partial charge in [-0.3, -0.25) is 4.68 Å². The summed E-state index contributed by atoms with van der Waals surface area (Å²) >= 11 is 0. The molecule has 0 aliphatic rings. The lowest BCUT2D eigenvalue weighted by Crippen LogP contribution is -2.26. The molecule has 0 fully saturated rings. The quantitative estimate of drug-likeness (QED) is 0.740. The summed E-state index contributed by atoms with van der Waals surface area (Å²) in [6.07, 6.45) is 2.66. The Morgan fingerprint density at radius 2 is 2.27 bits per heavy atom. The Labute approximate surface area is 91.3 Å². The molecule has 15 heavy (non-hydrogen) atoms. The Hall–Kier alpha value is -0.870. The highest BCUT2D eigenvalue weighted by Crippen LogP contribution is 2.11. The molecular weight excluding hydrogens is 190 g/mol. The fourth-order valence-corrected chi connectivity index (χ4v) is 1.61. The first kappa shape index (κ1) is 12.2. The van der Waals surface area contributed by atoms with E-state index in [-0.39, 0.29) is 6.61 Å². The van der Waals surface area contributed by atoms with Crippen LogP contribution in [0, 0.1) is 5.92 Å². The number of aromatic nitrogens is 2. The maximum absolute atomic E-state index is 8.79. The van der Waals surface area contributed by atoms with Gasteiger partial charge in [-0.15, -0.1) is 0 Å². The van der Waals surface area contributed by atoms with Crippen molar-refractivity contribution in [1.29, 1.82) is 0 Å². The molecule has 4 heteroatoms. The van der Waals surface area contributed by atoms with Gasteiger partial charge in [-0.1, -0.05) is 6.92 Å². The zero-order valence-electron chi connectivity index (χ0n) is 9.77. The average molecular weight is 211 g/mol. The monoisotopic (exact) mass is 211 g/mol. The standard InChI is InChI=1S/C11H21N3O/c1-9(5-7-15)8-12-10(2)11-4-6-13-14(11)3/h4,6,9-10,12,15H,5,7-8H2,1-3H3. The van der Waals surface area contributed by atoms with E-state index in [0.717, 1.165) is 13.0 Å². The summed E-state index contributed by atoms with van der Waals surface area (Å²) in [6, 6.07) is 2.33. The Morgan fingerprint density at radius 3 is 2.80 bits per heavy atom. The Morgan fingerprint density at radius 1 is 1.53 bits per heavy atom. The van der Waals surface area contributed by atoms with Crippen molar-refractivity contribution in [1.82, 2.24) is 15.1 Å². The molecule has 1 rings (SSSR count). The molecule has 4 nitrogen and oxygen atoms in total. The lowest BCUT2D eigenvalue weighted by Gasteiger charge is -2.17. The first-order valence-electron chi connectivity index (χ1n) is 5.47. The van der Waals surface area contributed by atoms with Crippen LogP contribution in [-0.2, 0) is 7.05 Å². The van der Waals surface area contributed by atoms with Crippen LogP contribution in [0.4, 0.5) is 0 Å². The SMILES string of the molecule is CC(CCO)CNC(C)c1ccnn1C. The molecule has 1 aromatic rings. The first-order valence-corrected chi connectivity index (χ1v) is 5.47. The second-order valence-electron chi connectivity index (χ2n) is 4.13. The molecular formula is C11H21N3O. The molecule has 2 atom stereocenters. The first-order chi connectivity index (χ1) is 7.15. The Kier molecular flexibility index (Phi) is 4.78. The summed E-state index contributed by atoms with van der Waals surface area (Å²) < 4.78 is 1.88. The highest BCUT2D eigenvalue weighted by atomic mass is 16.3. The molecule has 0 amide bonds. The molecule has 0 aromatic carbocycles. The molecule has 1 aromatic heterocycles. The van der Waals surface area contributed by atoms with Crippen LogP contribution in [0.5, 0.6) is 0 Å². The third-order valence-corrected chi connectivity index (χ3v) is 2.70. The number of aryl methyl sites for hydroxylation is 1. The van der Waals surface area contributed by atoms with Crippen LogP contribution in [0.2, 0.25) is 0 Å². The number of hydrogen-bond donors (Lipinski definition) is 2. The fourth-order valence-electron chi connectivity index (χ4n) is 1.61. The minimum atomic E-state index is 0.267. The van der Waals surface area contributed by atoms with E-state index in [0.29, 0.717) is 12.0 Å². The molecule has 0 spiro atoms. The molecule has 2 unspecified atom stereocenters. The molecule has 0 saturated carbocycles. The summed E-state index contributed by atoms with van der Waals surface area (Å²) in [5.74, 6) is 0.505. The summed E-state index contributed by atoms with van der Waals surface area (Å²) in [5, 5.41) is 16.4. The van der Waals surface area contributed by atoms with Crippen molar-refractivity contribution in [3.05, 3.63) is 18.0 Å². The zero-order chi connectivity index (χ0) is 11.3. The third kappa shape index (κ3) is 3.64. The molecule has 0 aliphatic carbocycles. The van der Waals surface area contributed by atoms with Crippen LogP contribution >= 0.6 is 0 Å². The van der Waals surface area contributed by atoms with Crippen molar-refractivity contribution in [3.63, 3.8) is 0 Å². The maximum Gasteiger partial charge on any atom is 0.0547 e. The summed E-state index contributed by atoms with van der Waals surface area (Å²) in [5.41, 5.74) is 1.19. The van der Waals surface area contributed by atoms with E-state index >= 15 is 0 Å². The largest absolute Gasteiger partial charge is 0.396 e. The molecule has 0 aliphatic heterocycles. The summed E-state index contributed by atoms with van der Waals surface area (Å²) in [7, 11) is 1.95. The van der Waals surface area contributed by atoms with Crippen molar-refractivity contribution in [2.75, 3.05) is 13.2 Å². The van der Waals surface area contributed by atoms with Gasteiger partial charge in [0.1, 0.15) is 0 Å². The lowest BCUT2D eigenvalue weighted by atomic mass is 10.1. The number of aliphatic hydroxyl groups excluding tert-OH is 1. The van der Waals surface area contributed by atoms with E-state index in [1.54, 1.807) is 0 Å². The maximum atomic E-state index is 8.79. The highest BCUT2D eigenvalue weighted by Gasteiger charge is 2.09. The third-order valence-electron chi connectivity index (χ3n) is 2.70. The molecule has 86 valence electrons. The van der Waals surface area contributed by atoms with E-state index in [1.165, 1.54) is 5.69 Å². The van der Waals surface area contributed by atoms with E-state index in [2.05, 4.69) is 24.3 Å². The van der Waals surface area contributed by atoms with Crippen molar-refractivity contribution in [3.8, 4) is 0 Å². The Balaban J connectivity index is 2.36. The van der Waals surface area contributed by atoms with Gasteiger partial charge in [-0.2, -0.15) is 5.10 Å². The van der Waals surface area contributed by atoms with Gasteiger partial charge in [0.2, 0.25) is 0 Å². The van der Waals surface area contributed by atoms with Crippen molar-refractivity contribution >= 4 is 0 Å². The van der Waals surface area contributed by atoms with Crippen molar-refractivity contribution in [2.45, 2.75) is 26.3 Å². The summed E-state index contributed by atoms with van der Waals surface area (Å²) in [4.78, 5) is 0. The predicted octanol–water partition coefficient (Wildman–Crippen LogP) is 1.09. The molecule has 1 heterocycles. The fraction of sp³-hybridized carbons (Fsp3) is 0.727. The molecule has 0 saturated heterocycles. The van der Waals surface area contributed by atoms with Crippen LogP contribution in [-0.4, -0.2) is 28.0 Å². The van der Waals surface area contributed by atoms with Crippen LogP contribution in [0.25, 0.3) is 0 Å². The minimum absolute atomic E-state index is 0.267. The smallest absolute Gasteiger partial charge is 0.0547 e. The topological polar surface area (TPSA) is 50.1 Å². The van der Waals surface area contributed by atoms with Crippen molar-refractivity contribution in [2.24, 2.45) is 13.0 Å². The van der Waals surface area contributed by atoms with Crippen LogP contribution in [0.1, 0.15) is 32.0 Å². The lowest BCUT2D eigenvalue weighted by molar-refractivity contribution is 0.258. The van der Waals surface area contributed by atoms with E-state index in [9.17, 15) is 0 Å². The zero-order valence-corrected chi connectivity index (χ0v) is 9.77. The van der Waals surface area contributed by atoms with Gasteiger partial charge in [0.25, 0.3) is 0 Å². The number of nitrogens with one attached hydrogen (secondary N) is 1. The second-order valence-corrected chi connectivity index (χ2v) is 4.13. The van der Waals surface area contributed by atoms with Gasteiger partial charge in [-0.25, -0.2) is 0 Å². The minimum Gasteiger partial charge on any atom is -0.396 e. The van der Waals surface area contributed by atoms with Gasteiger partial charge >= 0.3 is 0 Å². The number of aliphatic hydroxyl groups is 1. The Bertz CT molecular complexity index is 285. The second kappa shape index (κ2) is 5.88. The van der Waals surface area contributed by atoms with Gasteiger partial charge < -0.3 is 10.4 Å². The number of nitrogens with zero attached hydrogens (tertiary/aromatic N) is 2. The normalized spacial score (nSPS) is 15.2. The van der Waals surface area contributed by atoms with E-state index < -0.39 is 0 Å². The summed E-state index contributed by atoms with van der Waals surface area (Å²) in [6.45, 7) is 5.46. The average Bonchev–Trinajstić information content (AvgIpc) is 2.61.